The molecule has 4 rings (SSSR count). The molecular formula is C19H20ClN5O3. The van der Waals surface area contributed by atoms with Crippen LogP contribution < -0.4 is 10.1 Å². The molecule has 0 spiro atoms. The minimum Gasteiger partial charge on any atom is -0.497 e. The van der Waals surface area contributed by atoms with Crippen LogP contribution in [0.4, 0.5) is 10.6 Å². The molecule has 1 aromatic carbocycles. The molecule has 8 nitrogen and oxygen atoms in total. The molecule has 1 aliphatic heterocycles. The molecular weight excluding hydrogens is 382 g/mol. The van der Waals surface area contributed by atoms with E-state index < -0.39 is 6.09 Å². The molecule has 146 valence electrons. The number of benzene rings is 1. The number of aromatic amines is 1. The van der Waals surface area contributed by atoms with Gasteiger partial charge in [0.1, 0.15) is 11.6 Å². The molecule has 0 fully saturated rings. The van der Waals surface area contributed by atoms with Crippen molar-refractivity contribution >= 4 is 34.4 Å². The van der Waals surface area contributed by atoms with Gasteiger partial charge in [-0.15, -0.1) is 0 Å². The van der Waals surface area contributed by atoms with Crippen LogP contribution in [0.1, 0.15) is 16.8 Å². The van der Waals surface area contributed by atoms with Crippen molar-refractivity contribution in [2.45, 2.75) is 19.4 Å². The number of halogens is 1. The van der Waals surface area contributed by atoms with Crippen LogP contribution in [0, 0.1) is 0 Å². The SMILES string of the molecule is COc1ccc2[nH]cc(CCNc3nc(Cl)nc4c3CCN(C(=O)O)C4)c2c1. The number of nitrogens with one attached hydrogen (secondary N) is 2. The minimum atomic E-state index is -0.954. The third-order valence-corrected chi connectivity index (χ3v) is 5.14. The summed E-state index contributed by atoms with van der Waals surface area (Å²) in [4.78, 5) is 24.3. The van der Waals surface area contributed by atoms with Gasteiger partial charge < -0.3 is 25.0 Å². The Morgan fingerprint density at radius 3 is 3.07 bits per heavy atom. The van der Waals surface area contributed by atoms with Gasteiger partial charge in [0.15, 0.2) is 0 Å². The predicted octanol–water partition coefficient (Wildman–Crippen LogP) is 3.31. The third-order valence-electron chi connectivity index (χ3n) is 4.97. The number of hydrogen-bond donors (Lipinski definition) is 3. The van der Waals surface area contributed by atoms with Crippen molar-refractivity contribution in [3.8, 4) is 5.75 Å². The van der Waals surface area contributed by atoms with Crippen LogP contribution in [0.3, 0.4) is 0 Å². The number of carbonyl (C=O) groups is 1. The molecule has 28 heavy (non-hydrogen) atoms. The van der Waals surface area contributed by atoms with E-state index in [-0.39, 0.29) is 11.8 Å². The molecule has 2 aromatic heterocycles. The van der Waals surface area contributed by atoms with E-state index in [9.17, 15) is 9.90 Å². The van der Waals surface area contributed by atoms with Gasteiger partial charge in [0, 0.05) is 35.8 Å². The van der Waals surface area contributed by atoms with Crippen LogP contribution in [0.5, 0.6) is 5.75 Å². The van der Waals surface area contributed by atoms with E-state index in [1.165, 1.54) is 10.5 Å². The summed E-state index contributed by atoms with van der Waals surface area (Å²) in [6, 6.07) is 5.95. The summed E-state index contributed by atoms with van der Waals surface area (Å²) in [6.45, 7) is 1.31. The third kappa shape index (κ3) is 3.55. The Bertz CT molecular complexity index is 1040. The number of hydrogen-bond acceptors (Lipinski definition) is 5. The number of anilines is 1. The Labute approximate surface area is 166 Å². The van der Waals surface area contributed by atoms with Crippen LogP contribution >= 0.6 is 11.6 Å². The average molecular weight is 402 g/mol. The maximum atomic E-state index is 11.2. The van der Waals surface area contributed by atoms with Crippen molar-refractivity contribution < 1.29 is 14.6 Å². The van der Waals surface area contributed by atoms with Crippen LogP contribution in [0.2, 0.25) is 5.28 Å². The first kappa shape index (κ1) is 18.4. The van der Waals surface area contributed by atoms with Gasteiger partial charge in [-0.25, -0.2) is 14.8 Å². The number of fused-ring (bicyclic) bond motifs is 2. The molecule has 0 atom stereocenters. The van der Waals surface area contributed by atoms with Crippen LogP contribution in [-0.4, -0.2) is 51.3 Å². The van der Waals surface area contributed by atoms with Gasteiger partial charge in [-0.05, 0) is 48.2 Å². The highest BCUT2D eigenvalue weighted by atomic mass is 35.5. The molecule has 0 unspecified atom stereocenters. The van der Waals surface area contributed by atoms with Gasteiger partial charge in [0.05, 0.1) is 19.3 Å². The molecule has 3 aromatic rings. The summed E-state index contributed by atoms with van der Waals surface area (Å²) in [5, 5.41) is 13.8. The second-order valence-electron chi connectivity index (χ2n) is 6.62. The van der Waals surface area contributed by atoms with E-state index >= 15 is 0 Å². The zero-order chi connectivity index (χ0) is 19.7. The molecule has 0 saturated carbocycles. The van der Waals surface area contributed by atoms with E-state index in [1.807, 2.05) is 24.4 Å². The lowest BCUT2D eigenvalue weighted by Gasteiger charge is -2.26. The summed E-state index contributed by atoms with van der Waals surface area (Å²) >= 11 is 6.05. The summed E-state index contributed by atoms with van der Waals surface area (Å²) in [6.07, 6.45) is 2.39. The van der Waals surface area contributed by atoms with E-state index in [4.69, 9.17) is 16.3 Å². The van der Waals surface area contributed by atoms with Crippen molar-refractivity contribution in [1.82, 2.24) is 19.9 Å². The molecule has 0 radical (unpaired) electrons. The minimum absolute atomic E-state index is 0.116. The number of H-pyrrole nitrogens is 1. The summed E-state index contributed by atoms with van der Waals surface area (Å²) < 4.78 is 5.31. The highest BCUT2D eigenvalue weighted by Crippen LogP contribution is 2.26. The number of amides is 1. The van der Waals surface area contributed by atoms with Crippen LogP contribution in [0.25, 0.3) is 10.9 Å². The van der Waals surface area contributed by atoms with E-state index in [0.717, 1.165) is 28.6 Å². The van der Waals surface area contributed by atoms with E-state index in [2.05, 4.69) is 20.3 Å². The van der Waals surface area contributed by atoms with E-state index in [0.29, 0.717) is 31.0 Å². The monoisotopic (exact) mass is 401 g/mol. The Balaban J connectivity index is 1.50. The highest BCUT2D eigenvalue weighted by molar-refractivity contribution is 6.28. The number of methoxy groups -OCH3 is 1. The normalized spacial score (nSPS) is 13.4. The van der Waals surface area contributed by atoms with Crippen LogP contribution in [0.15, 0.2) is 24.4 Å². The van der Waals surface area contributed by atoms with Gasteiger partial charge in [-0.3, -0.25) is 0 Å². The lowest BCUT2D eigenvalue weighted by atomic mass is 10.1. The Kier molecular flexibility index (Phi) is 4.95. The Morgan fingerprint density at radius 1 is 1.43 bits per heavy atom. The molecule has 9 heteroatoms. The van der Waals surface area contributed by atoms with Gasteiger partial charge in [0.2, 0.25) is 5.28 Å². The topological polar surface area (TPSA) is 103 Å². The summed E-state index contributed by atoms with van der Waals surface area (Å²) in [7, 11) is 1.66. The van der Waals surface area contributed by atoms with Gasteiger partial charge in [-0.2, -0.15) is 0 Å². The van der Waals surface area contributed by atoms with Crippen molar-refractivity contribution in [3.05, 3.63) is 46.5 Å². The number of carboxylic acid groups (broad SMARTS) is 1. The first-order valence-electron chi connectivity index (χ1n) is 8.96. The van der Waals surface area contributed by atoms with Gasteiger partial charge >= 0.3 is 6.09 Å². The fourth-order valence-electron chi connectivity index (χ4n) is 3.52. The second kappa shape index (κ2) is 7.55. The first-order valence-corrected chi connectivity index (χ1v) is 9.34. The zero-order valence-electron chi connectivity index (χ0n) is 15.3. The Morgan fingerprint density at radius 2 is 2.29 bits per heavy atom. The quantitative estimate of drug-likeness (QED) is 0.567. The predicted molar refractivity (Wildman–Crippen MR) is 106 cm³/mol. The van der Waals surface area contributed by atoms with Crippen LogP contribution in [-0.2, 0) is 19.4 Å². The fraction of sp³-hybridized carbons (Fsp3) is 0.316. The van der Waals surface area contributed by atoms with Crippen molar-refractivity contribution in [3.63, 3.8) is 0 Å². The lowest BCUT2D eigenvalue weighted by molar-refractivity contribution is 0.139. The molecule has 1 aliphatic rings. The molecule has 3 heterocycles. The summed E-state index contributed by atoms with van der Waals surface area (Å²) in [5.41, 5.74) is 3.83. The second-order valence-corrected chi connectivity index (χ2v) is 6.96. The Hall–Kier alpha value is -3.00. The maximum Gasteiger partial charge on any atom is 0.407 e. The number of ether oxygens (including phenoxy) is 1. The largest absolute Gasteiger partial charge is 0.497 e. The standard InChI is InChI=1S/C19H20ClN5O3/c1-28-12-2-3-15-14(8-12)11(9-22-15)4-6-21-17-13-5-7-25(19(26)27)10-16(13)23-18(20)24-17/h2-3,8-9,22H,4-7,10H2,1H3,(H,26,27)(H,21,23,24). The molecule has 0 aliphatic carbocycles. The first-order chi connectivity index (χ1) is 13.5. The molecule has 0 saturated heterocycles. The zero-order valence-corrected chi connectivity index (χ0v) is 16.1. The van der Waals surface area contributed by atoms with Crippen molar-refractivity contribution in [2.24, 2.45) is 0 Å². The van der Waals surface area contributed by atoms with Crippen molar-refractivity contribution in [1.29, 1.82) is 0 Å². The molecule has 0 bridgehead atoms. The number of nitrogens with zero attached hydrogens (tertiary/aromatic N) is 3. The van der Waals surface area contributed by atoms with Gasteiger partial charge in [0.25, 0.3) is 0 Å². The smallest absolute Gasteiger partial charge is 0.407 e. The van der Waals surface area contributed by atoms with Gasteiger partial charge in [-0.1, -0.05) is 0 Å². The summed E-state index contributed by atoms with van der Waals surface area (Å²) in [5.74, 6) is 1.50. The van der Waals surface area contributed by atoms with E-state index in [1.54, 1.807) is 7.11 Å². The average Bonchev–Trinajstić information content (AvgIpc) is 3.09. The lowest BCUT2D eigenvalue weighted by Crippen LogP contribution is -2.36. The molecule has 3 N–H and O–H groups in total. The maximum absolute atomic E-state index is 11.2. The fourth-order valence-corrected chi connectivity index (χ4v) is 3.70. The molecule has 1 amide bonds. The van der Waals surface area contributed by atoms with Crippen molar-refractivity contribution in [2.75, 3.05) is 25.5 Å². The number of rotatable bonds is 5. The number of aromatic nitrogens is 3. The highest BCUT2D eigenvalue weighted by Gasteiger charge is 2.24.